The first kappa shape index (κ1) is 35.9. The quantitative estimate of drug-likeness (QED) is 0.103. The van der Waals surface area contributed by atoms with Gasteiger partial charge in [-0.05, 0) is 32.0 Å². The number of carboxylic acid groups (broad SMARTS) is 1. The molecule has 1 rings (SSSR count). The lowest BCUT2D eigenvalue weighted by Crippen LogP contribution is -2.37. The maximum atomic E-state index is 12.6. The number of halogens is 5. The highest BCUT2D eigenvalue weighted by molar-refractivity contribution is 6.76. The Bertz CT molecular complexity index is 911. The van der Waals surface area contributed by atoms with Gasteiger partial charge in [0.1, 0.15) is 5.75 Å². The van der Waals surface area contributed by atoms with E-state index in [2.05, 4.69) is 19.6 Å². The summed E-state index contributed by atoms with van der Waals surface area (Å²) in [5.74, 6) is -6.09. The minimum Gasteiger partial charge on any atom is -0.475 e. The van der Waals surface area contributed by atoms with Crippen LogP contribution in [-0.2, 0) is 28.6 Å². The SMILES string of the molecule is CCOC(=O)C(C(=O)OCC)C(CN)c1c(OCOCC[Si](C)(C)C)ccc(Cl)c1Cl.O=C(O)C(F)(F)F. The van der Waals surface area contributed by atoms with Crippen LogP contribution >= 0.6 is 23.2 Å². The summed E-state index contributed by atoms with van der Waals surface area (Å²) in [6, 6.07) is 4.17. The molecule has 0 fully saturated rings. The van der Waals surface area contributed by atoms with Crippen LogP contribution in [0.3, 0.4) is 0 Å². The lowest BCUT2D eigenvalue weighted by molar-refractivity contribution is -0.192. The summed E-state index contributed by atoms with van der Waals surface area (Å²) in [5.41, 5.74) is 6.33. The summed E-state index contributed by atoms with van der Waals surface area (Å²) in [6.45, 7) is 10.7. The standard InChI is InChI=1S/C21H33Cl2NO6Si.C2HF3O2/c1-6-28-20(25)18(21(26)29-7-2)14(12-24)17-16(9-8-15(22)19(17)23)30-13-27-10-11-31(3,4)5;3-2(4,5)1(6)7/h8-9,14,18H,6-7,10-13,24H2,1-5H3;(H,6,7). The fraction of sp³-hybridized carbons (Fsp3) is 0.609. The Morgan fingerprint density at radius 2 is 1.55 bits per heavy atom. The van der Waals surface area contributed by atoms with Gasteiger partial charge >= 0.3 is 24.1 Å². The van der Waals surface area contributed by atoms with Crippen LogP contribution < -0.4 is 10.5 Å². The Kier molecular flexibility index (Phi) is 15.9. The maximum absolute atomic E-state index is 12.6. The van der Waals surface area contributed by atoms with Gasteiger partial charge in [-0.25, -0.2) is 4.79 Å². The third kappa shape index (κ3) is 12.7. The molecule has 0 aliphatic heterocycles. The highest BCUT2D eigenvalue weighted by Crippen LogP contribution is 2.41. The fourth-order valence-corrected chi connectivity index (χ4v) is 4.09. The predicted octanol–water partition coefficient (Wildman–Crippen LogP) is 5.10. The molecule has 1 unspecified atom stereocenters. The topological polar surface area (TPSA) is 134 Å². The van der Waals surface area contributed by atoms with Crippen LogP contribution in [0.25, 0.3) is 0 Å². The summed E-state index contributed by atoms with van der Waals surface area (Å²) in [5, 5.41) is 7.52. The predicted molar refractivity (Wildman–Crippen MR) is 138 cm³/mol. The lowest BCUT2D eigenvalue weighted by atomic mass is 9.85. The van der Waals surface area contributed by atoms with Crippen molar-refractivity contribution in [2.24, 2.45) is 11.7 Å². The Morgan fingerprint density at radius 1 is 1.05 bits per heavy atom. The minimum atomic E-state index is -5.08. The molecule has 0 amide bonds. The van der Waals surface area contributed by atoms with Crippen LogP contribution in [0.1, 0.15) is 25.3 Å². The summed E-state index contributed by atoms with van der Waals surface area (Å²) in [4.78, 5) is 34.1. The van der Waals surface area contributed by atoms with Gasteiger partial charge < -0.3 is 29.8 Å². The molecule has 9 nitrogen and oxygen atoms in total. The number of hydrogen-bond acceptors (Lipinski definition) is 8. The third-order valence-corrected chi connectivity index (χ3v) is 7.26. The molecule has 0 saturated heterocycles. The molecule has 1 aromatic rings. The number of alkyl halides is 3. The van der Waals surface area contributed by atoms with E-state index in [1.165, 1.54) is 0 Å². The molecule has 0 spiro atoms. The average molecular weight is 609 g/mol. The number of rotatable bonds is 13. The van der Waals surface area contributed by atoms with Gasteiger partial charge in [-0.15, -0.1) is 0 Å². The van der Waals surface area contributed by atoms with Gasteiger partial charge in [-0.1, -0.05) is 42.8 Å². The zero-order valence-electron chi connectivity index (χ0n) is 21.8. The molecule has 218 valence electrons. The van der Waals surface area contributed by atoms with Crippen molar-refractivity contribution >= 4 is 49.2 Å². The van der Waals surface area contributed by atoms with Gasteiger partial charge in [-0.3, -0.25) is 9.59 Å². The van der Waals surface area contributed by atoms with E-state index in [4.69, 9.17) is 57.8 Å². The van der Waals surface area contributed by atoms with Crippen LogP contribution in [0.15, 0.2) is 12.1 Å². The first-order valence-electron chi connectivity index (χ1n) is 11.5. The fourth-order valence-electron chi connectivity index (χ4n) is 2.87. The van der Waals surface area contributed by atoms with E-state index >= 15 is 0 Å². The van der Waals surface area contributed by atoms with Crippen molar-refractivity contribution in [3.05, 3.63) is 27.7 Å². The summed E-state index contributed by atoms with van der Waals surface area (Å²) in [6.07, 6.45) is -5.08. The van der Waals surface area contributed by atoms with Crippen LogP contribution in [0.5, 0.6) is 5.75 Å². The molecule has 0 heterocycles. The molecule has 38 heavy (non-hydrogen) atoms. The molecule has 1 atom stereocenters. The summed E-state index contributed by atoms with van der Waals surface area (Å²) in [7, 11) is -1.23. The first-order valence-corrected chi connectivity index (χ1v) is 16.0. The molecule has 0 radical (unpaired) electrons. The minimum absolute atomic E-state index is 0.0176. The number of esters is 2. The molecule has 0 saturated carbocycles. The van der Waals surface area contributed by atoms with Crippen molar-refractivity contribution in [3.63, 3.8) is 0 Å². The van der Waals surface area contributed by atoms with E-state index in [9.17, 15) is 22.8 Å². The highest BCUT2D eigenvalue weighted by atomic mass is 35.5. The Balaban J connectivity index is 0.00000171. The Hall–Kier alpha value is -2.06. The van der Waals surface area contributed by atoms with Crippen LogP contribution in [0, 0.1) is 5.92 Å². The average Bonchev–Trinajstić information content (AvgIpc) is 2.79. The van der Waals surface area contributed by atoms with E-state index in [1.54, 1.807) is 26.0 Å². The molecule has 15 heteroatoms. The number of aliphatic carboxylic acids is 1. The van der Waals surface area contributed by atoms with Gasteiger partial charge in [0.2, 0.25) is 0 Å². The van der Waals surface area contributed by atoms with Crippen molar-refractivity contribution in [2.75, 3.05) is 33.2 Å². The Labute approximate surface area is 230 Å². The van der Waals surface area contributed by atoms with Gasteiger partial charge in [0.05, 0.1) is 23.3 Å². The highest BCUT2D eigenvalue weighted by Gasteiger charge is 2.40. The smallest absolute Gasteiger partial charge is 0.475 e. The molecule has 0 bridgehead atoms. The zero-order valence-corrected chi connectivity index (χ0v) is 24.3. The molecule has 0 aliphatic carbocycles. The van der Waals surface area contributed by atoms with Crippen molar-refractivity contribution in [3.8, 4) is 5.75 Å². The molecular formula is C23H34Cl2F3NO8Si. The summed E-state index contributed by atoms with van der Waals surface area (Å²) >= 11 is 12.7. The third-order valence-electron chi connectivity index (χ3n) is 4.74. The van der Waals surface area contributed by atoms with Crippen molar-refractivity contribution < 1.29 is 51.6 Å². The van der Waals surface area contributed by atoms with Gasteiger partial charge in [-0.2, -0.15) is 13.2 Å². The van der Waals surface area contributed by atoms with E-state index < -0.39 is 44.0 Å². The van der Waals surface area contributed by atoms with Crippen molar-refractivity contribution in [1.82, 2.24) is 0 Å². The van der Waals surface area contributed by atoms with Gasteiger partial charge in [0.25, 0.3) is 0 Å². The van der Waals surface area contributed by atoms with Gasteiger partial charge in [0.15, 0.2) is 12.7 Å². The largest absolute Gasteiger partial charge is 0.490 e. The van der Waals surface area contributed by atoms with Crippen LogP contribution in [-0.4, -0.2) is 70.4 Å². The number of carbonyl (C=O) groups is 3. The number of carboxylic acids is 1. The molecule has 0 aliphatic rings. The van der Waals surface area contributed by atoms with E-state index in [1.807, 2.05) is 0 Å². The number of benzene rings is 1. The number of carbonyl (C=O) groups excluding carboxylic acids is 2. The van der Waals surface area contributed by atoms with E-state index in [0.29, 0.717) is 17.9 Å². The van der Waals surface area contributed by atoms with E-state index in [0.717, 1.165) is 6.04 Å². The summed E-state index contributed by atoms with van der Waals surface area (Å²) < 4.78 is 53.3. The monoisotopic (exact) mass is 607 g/mol. The first-order chi connectivity index (χ1) is 17.5. The lowest BCUT2D eigenvalue weighted by Gasteiger charge is -2.26. The number of nitrogens with two attached hydrogens (primary N) is 1. The van der Waals surface area contributed by atoms with Crippen molar-refractivity contribution in [2.45, 2.75) is 51.6 Å². The zero-order chi connectivity index (χ0) is 29.7. The molecule has 3 N–H and O–H groups in total. The van der Waals surface area contributed by atoms with Crippen molar-refractivity contribution in [1.29, 1.82) is 0 Å². The maximum Gasteiger partial charge on any atom is 0.490 e. The molecule has 1 aromatic carbocycles. The second kappa shape index (κ2) is 16.8. The van der Waals surface area contributed by atoms with Crippen LogP contribution in [0.4, 0.5) is 13.2 Å². The van der Waals surface area contributed by atoms with E-state index in [-0.39, 0.29) is 36.6 Å². The molecule has 0 aromatic heterocycles. The van der Waals surface area contributed by atoms with Gasteiger partial charge in [0, 0.05) is 32.7 Å². The number of ether oxygens (including phenoxy) is 4. The second-order valence-corrected chi connectivity index (χ2v) is 15.3. The molecular weight excluding hydrogens is 574 g/mol. The normalized spacial score (nSPS) is 12.3. The Morgan fingerprint density at radius 3 is 1.95 bits per heavy atom. The second-order valence-electron chi connectivity index (χ2n) is 8.88. The van der Waals surface area contributed by atoms with Crippen LogP contribution in [0.2, 0.25) is 35.7 Å². The number of hydrogen-bond donors (Lipinski definition) is 2.